The first kappa shape index (κ1) is 58.4. The highest BCUT2D eigenvalue weighted by Gasteiger charge is 2.46. The summed E-state index contributed by atoms with van der Waals surface area (Å²) in [6, 6.07) is 120. The number of para-hydroxylation sites is 1. The second-order valence-corrected chi connectivity index (χ2v) is 28.0. The minimum absolute atomic E-state index is 0.174. The van der Waals surface area contributed by atoms with Gasteiger partial charge in [0.1, 0.15) is 11.2 Å². The predicted molar refractivity (Wildman–Crippen MR) is 409 cm³/mol. The van der Waals surface area contributed by atoms with Crippen molar-refractivity contribution in [3.8, 4) is 89.0 Å². The zero-order chi connectivity index (χ0) is 64.8. The fourth-order valence-electron chi connectivity index (χ4n) is 15.1. The van der Waals surface area contributed by atoms with Gasteiger partial charge >= 0.3 is 0 Å². The molecule has 458 valence electrons. The molecule has 4 heteroatoms. The van der Waals surface area contributed by atoms with Crippen LogP contribution < -0.4 is 26.2 Å². The van der Waals surface area contributed by atoms with Gasteiger partial charge in [-0.25, -0.2) is 0 Å². The van der Waals surface area contributed by atoms with Gasteiger partial charge in [0.2, 0.25) is 0 Å². The van der Waals surface area contributed by atoms with Crippen LogP contribution in [0.4, 0.5) is 34.1 Å². The monoisotopic (exact) mass is 1230 g/mol. The summed E-state index contributed by atoms with van der Waals surface area (Å²) >= 11 is 0. The molecule has 2 aliphatic rings. The first-order valence-corrected chi connectivity index (χ1v) is 33.7. The number of hydrogen-bond donors (Lipinski definition) is 0. The molecule has 0 saturated heterocycles. The van der Waals surface area contributed by atoms with Crippen LogP contribution in [0.1, 0.15) is 52.7 Å². The second kappa shape index (κ2) is 23.2. The van der Waals surface area contributed by atoms with Crippen molar-refractivity contribution in [3.05, 3.63) is 333 Å². The Labute approximate surface area is 564 Å². The number of rotatable bonds is 10. The highest BCUT2D eigenvalue weighted by atomic mass is 16.3. The van der Waals surface area contributed by atoms with Crippen molar-refractivity contribution in [2.75, 3.05) is 9.80 Å². The summed E-state index contributed by atoms with van der Waals surface area (Å²) in [5, 5.41) is 2.16. The number of nitrogens with zero attached hydrogens (tertiary/aromatic N) is 2. The molecule has 3 nitrogen and oxygen atoms in total. The highest BCUT2D eigenvalue weighted by Crippen LogP contribution is 2.56. The number of furan rings is 1. The molecular weight excluding hydrogens is 1160 g/mol. The summed E-state index contributed by atoms with van der Waals surface area (Å²) < 4.78 is 6.89. The van der Waals surface area contributed by atoms with Crippen LogP contribution in [0.2, 0.25) is 0 Å². The molecule has 0 atom stereocenters. The number of benzene rings is 14. The van der Waals surface area contributed by atoms with Gasteiger partial charge < -0.3 is 14.2 Å². The average molecular weight is 1230 g/mol. The molecule has 15 aromatic rings. The minimum Gasteiger partial charge on any atom is -0.456 e. The summed E-state index contributed by atoms with van der Waals surface area (Å²) in [5.41, 5.74) is 32.5. The summed E-state index contributed by atoms with van der Waals surface area (Å²) in [4.78, 5) is 5.39. The van der Waals surface area contributed by atoms with Crippen LogP contribution in [-0.4, -0.2) is 6.71 Å². The van der Waals surface area contributed by atoms with Crippen LogP contribution in [0.25, 0.3) is 111 Å². The molecule has 0 fully saturated rings. The Hall–Kier alpha value is -11.5. The quantitative estimate of drug-likeness (QED) is 0.127. The zero-order valence-electron chi connectivity index (χ0n) is 55.0. The molecule has 1 aromatic heterocycles. The van der Waals surface area contributed by atoms with Gasteiger partial charge in [-0.05, 0) is 172 Å². The van der Waals surface area contributed by atoms with Crippen LogP contribution in [-0.2, 0) is 10.8 Å². The van der Waals surface area contributed by atoms with Crippen LogP contribution in [0, 0.1) is 0 Å². The predicted octanol–water partition coefficient (Wildman–Crippen LogP) is 23.6. The molecule has 0 bridgehead atoms. The van der Waals surface area contributed by atoms with Crippen molar-refractivity contribution < 1.29 is 4.42 Å². The fraction of sp³-hybridized carbons (Fsp3) is 0.0870. The topological polar surface area (TPSA) is 19.6 Å². The maximum atomic E-state index is 6.89. The van der Waals surface area contributed by atoms with E-state index in [1.807, 2.05) is 0 Å². The number of anilines is 6. The Kier molecular flexibility index (Phi) is 14.1. The molecular formula is C92H71BN2O. The summed E-state index contributed by atoms with van der Waals surface area (Å²) in [6.45, 7) is 14.0. The van der Waals surface area contributed by atoms with E-state index in [1.54, 1.807) is 0 Å². The fourth-order valence-corrected chi connectivity index (χ4v) is 15.1. The van der Waals surface area contributed by atoms with E-state index in [2.05, 4.69) is 373 Å². The molecule has 2 aliphatic heterocycles. The van der Waals surface area contributed by atoms with E-state index in [0.29, 0.717) is 0 Å². The Morgan fingerprint density at radius 2 is 0.635 bits per heavy atom. The van der Waals surface area contributed by atoms with Crippen molar-refractivity contribution in [3.63, 3.8) is 0 Å². The summed E-state index contributed by atoms with van der Waals surface area (Å²) in [6.07, 6.45) is 0. The zero-order valence-corrected chi connectivity index (χ0v) is 55.0. The first-order valence-electron chi connectivity index (χ1n) is 33.7. The molecule has 0 radical (unpaired) electrons. The van der Waals surface area contributed by atoms with Crippen molar-refractivity contribution >= 4 is 79.2 Å². The molecule has 0 amide bonds. The van der Waals surface area contributed by atoms with Gasteiger partial charge in [0.05, 0.1) is 11.4 Å². The third kappa shape index (κ3) is 10.1. The maximum absolute atomic E-state index is 6.89. The lowest BCUT2D eigenvalue weighted by atomic mass is 9.33. The number of fused-ring (bicyclic) bond motifs is 7. The smallest absolute Gasteiger partial charge is 0.252 e. The molecule has 96 heavy (non-hydrogen) atoms. The normalized spacial score (nSPS) is 12.6. The van der Waals surface area contributed by atoms with Crippen LogP contribution in [0.5, 0.6) is 0 Å². The third-order valence-electron chi connectivity index (χ3n) is 19.9. The van der Waals surface area contributed by atoms with Crippen molar-refractivity contribution in [2.24, 2.45) is 0 Å². The lowest BCUT2D eigenvalue weighted by molar-refractivity contribution is 0.590. The van der Waals surface area contributed by atoms with Gasteiger partial charge in [0, 0.05) is 55.8 Å². The Balaban J connectivity index is 1.07. The van der Waals surface area contributed by atoms with Gasteiger partial charge in [0.25, 0.3) is 6.71 Å². The molecule has 17 rings (SSSR count). The average Bonchev–Trinajstić information content (AvgIpc) is 0.732. The van der Waals surface area contributed by atoms with E-state index in [-0.39, 0.29) is 17.5 Å². The SMILES string of the molecule is CC(C)(C)c1cc(-c2ccccc2)c(N2c3ccc(-c4ccccc4)cc3B3c4cc(-c5ccccc5)ccc4N(c4c(-c5cccc(-c6ccccc6)c5)cc(-c5ccccc5)cc4-c4cccc5oc6ccccc6c45)c4cc(C(C)(C)C)cc2c43)c(-c2ccccc2)c1. The van der Waals surface area contributed by atoms with Crippen LogP contribution in [0.15, 0.2) is 326 Å². The first-order chi connectivity index (χ1) is 46.9. The summed E-state index contributed by atoms with van der Waals surface area (Å²) in [5.74, 6) is 0. The number of hydrogen-bond acceptors (Lipinski definition) is 3. The molecule has 0 aliphatic carbocycles. The Morgan fingerprint density at radius 3 is 1.14 bits per heavy atom. The van der Waals surface area contributed by atoms with E-state index in [1.165, 1.54) is 55.3 Å². The molecule has 14 aromatic carbocycles. The highest BCUT2D eigenvalue weighted by molar-refractivity contribution is 7.00. The Bertz CT molecular complexity index is 5410. The molecule has 0 N–H and O–H groups in total. The third-order valence-corrected chi connectivity index (χ3v) is 19.9. The van der Waals surface area contributed by atoms with E-state index >= 15 is 0 Å². The van der Waals surface area contributed by atoms with E-state index < -0.39 is 0 Å². The minimum atomic E-state index is -0.317. The van der Waals surface area contributed by atoms with E-state index in [0.717, 1.165) is 117 Å². The van der Waals surface area contributed by atoms with Gasteiger partial charge in [0.15, 0.2) is 0 Å². The molecule has 0 unspecified atom stereocenters. The molecule has 3 heterocycles. The lowest BCUT2D eigenvalue weighted by Gasteiger charge is -2.46. The second-order valence-electron chi connectivity index (χ2n) is 28.0. The van der Waals surface area contributed by atoms with Crippen LogP contribution >= 0.6 is 0 Å². The van der Waals surface area contributed by atoms with Gasteiger partial charge in [-0.2, -0.15) is 0 Å². The lowest BCUT2D eigenvalue weighted by Crippen LogP contribution is -2.61. The van der Waals surface area contributed by atoms with E-state index in [4.69, 9.17) is 4.42 Å². The molecule has 0 spiro atoms. The van der Waals surface area contributed by atoms with Gasteiger partial charge in [-0.1, -0.05) is 296 Å². The van der Waals surface area contributed by atoms with Crippen LogP contribution in [0.3, 0.4) is 0 Å². The van der Waals surface area contributed by atoms with Crippen molar-refractivity contribution in [2.45, 2.75) is 52.4 Å². The van der Waals surface area contributed by atoms with Crippen molar-refractivity contribution in [1.29, 1.82) is 0 Å². The molecule has 0 saturated carbocycles. The van der Waals surface area contributed by atoms with Crippen molar-refractivity contribution in [1.82, 2.24) is 0 Å². The standard InChI is InChI=1S/C92H71BN2O/c1-91(2,3)71-56-76(64-37-21-11-22-38-64)89(77(57-71)65-39-23-12-24-40-65)94-81-49-47-67(61-31-15-8-16-32-61)54-79(81)93-80-55-68(62-33-17-9-18-34-62)48-50-82(80)95(84-59-72(92(4,5)6)58-83(94)88(84)93)90-75(69-42-27-41-66(51-69)60-29-13-7-14-30-60)52-70(63-35-19-10-20-36-63)53-78(90)73-44-28-46-86-87(73)74-43-25-26-45-85(74)96-86/h7-59H,1-6H3. The van der Waals surface area contributed by atoms with E-state index in [9.17, 15) is 0 Å². The Morgan fingerprint density at radius 1 is 0.260 bits per heavy atom. The maximum Gasteiger partial charge on any atom is 0.252 e. The van der Waals surface area contributed by atoms with Gasteiger partial charge in [-0.15, -0.1) is 0 Å². The van der Waals surface area contributed by atoms with Gasteiger partial charge in [-0.3, -0.25) is 0 Å². The largest absolute Gasteiger partial charge is 0.456 e. The summed E-state index contributed by atoms with van der Waals surface area (Å²) in [7, 11) is 0.